The van der Waals surface area contributed by atoms with Crippen molar-refractivity contribution in [2.24, 2.45) is 5.92 Å². The number of aromatic nitrogens is 2. The highest BCUT2D eigenvalue weighted by atomic mass is 16.3. The van der Waals surface area contributed by atoms with E-state index in [9.17, 15) is 5.11 Å². The topological polar surface area (TPSA) is 50.1 Å². The number of aliphatic hydroxyl groups is 1. The SMILES string of the molecule is CC(C)n1ccc(CC2CNCCC2O)n1. The minimum atomic E-state index is -0.176. The van der Waals surface area contributed by atoms with Gasteiger partial charge in [-0.3, -0.25) is 4.68 Å². The second kappa shape index (κ2) is 4.97. The molecule has 2 unspecified atom stereocenters. The molecule has 1 fully saturated rings. The van der Waals surface area contributed by atoms with Gasteiger partial charge < -0.3 is 10.4 Å². The average Bonchev–Trinajstić information content (AvgIpc) is 2.70. The van der Waals surface area contributed by atoms with E-state index in [0.717, 1.165) is 31.6 Å². The maximum atomic E-state index is 9.87. The van der Waals surface area contributed by atoms with Crippen molar-refractivity contribution in [3.8, 4) is 0 Å². The molecule has 90 valence electrons. The fourth-order valence-corrected chi connectivity index (χ4v) is 2.16. The molecule has 0 amide bonds. The van der Waals surface area contributed by atoms with Gasteiger partial charge in [0.15, 0.2) is 0 Å². The lowest BCUT2D eigenvalue weighted by Crippen LogP contribution is -2.40. The third kappa shape index (κ3) is 2.62. The number of piperidine rings is 1. The van der Waals surface area contributed by atoms with Gasteiger partial charge in [-0.25, -0.2) is 0 Å². The number of hydrogen-bond acceptors (Lipinski definition) is 3. The third-order valence-corrected chi connectivity index (χ3v) is 3.23. The number of hydrogen-bond donors (Lipinski definition) is 2. The Morgan fingerprint density at radius 1 is 1.62 bits per heavy atom. The molecule has 1 aromatic heterocycles. The molecular weight excluding hydrogens is 202 g/mol. The molecule has 4 heteroatoms. The predicted octanol–water partition coefficient (Wildman–Crippen LogP) is 0.977. The third-order valence-electron chi connectivity index (χ3n) is 3.23. The van der Waals surface area contributed by atoms with E-state index >= 15 is 0 Å². The van der Waals surface area contributed by atoms with Crippen LogP contribution < -0.4 is 5.32 Å². The van der Waals surface area contributed by atoms with Gasteiger partial charge in [-0.15, -0.1) is 0 Å². The van der Waals surface area contributed by atoms with Crippen LogP contribution in [0.5, 0.6) is 0 Å². The summed E-state index contributed by atoms with van der Waals surface area (Å²) in [6.07, 6.45) is 3.57. The number of rotatable bonds is 3. The van der Waals surface area contributed by atoms with Crippen LogP contribution in [0.2, 0.25) is 0 Å². The minimum absolute atomic E-state index is 0.176. The quantitative estimate of drug-likeness (QED) is 0.803. The van der Waals surface area contributed by atoms with E-state index in [4.69, 9.17) is 0 Å². The van der Waals surface area contributed by atoms with Gasteiger partial charge in [0.1, 0.15) is 0 Å². The van der Waals surface area contributed by atoms with E-state index in [1.807, 2.05) is 10.9 Å². The fraction of sp³-hybridized carbons (Fsp3) is 0.750. The standard InChI is InChI=1S/C12H21N3O/c1-9(2)15-6-4-11(14-15)7-10-8-13-5-3-12(10)16/h4,6,9-10,12-13,16H,3,5,7-8H2,1-2H3. The molecule has 2 rings (SSSR count). The molecule has 2 N–H and O–H groups in total. The monoisotopic (exact) mass is 223 g/mol. The van der Waals surface area contributed by atoms with Gasteiger partial charge in [0.2, 0.25) is 0 Å². The number of nitrogens with zero attached hydrogens (tertiary/aromatic N) is 2. The first-order chi connectivity index (χ1) is 7.66. The van der Waals surface area contributed by atoms with Crippen molar-refractivity contribution < 1.29 is 5.11 Å². The van der Waals surface area contributed by atoms with Crippen LogP contribution >= 0.6 is 0 Å². The Balaban J connectivity index is 1.97. The fourth-order valence-electron chi connectivity index (χ4n) is 2.16. The highest BCUT2D eigenvalue weighted by Gasteiger charge is 2.23. The molecular formula is C12H21N3O. The van der Waals surface area contributed by atoms with Gasteiger partial charge in [-0.2, -0.15) is 5.10 Å². The zero-order valence-corrected chi connectivity index (χ0v) is 10.1. The molecule has 0 aromatic carbocycles. The summed E-state index contributed by atoms with van der Waals surface area (Å²) < 4.78 is 1.97. The Bertz CT molecular complexity index is 335. The molecule has 1 saturated heterocycles. The highest BCUT2D eigenvalue weighted by molar-refractivity contribution is 5.02. The first kappa shape index (κ1) is 11.6. The van der Waals surface area contributed by atoms with E-state index in [0.29, 0.717) is 12.0 Å². The van der Waals surface area contributed by atoms with Crippen molar-refractivity contribution in [2.75, 3.05) is 13.1 Å². The van der Waals surface area contributed by atoms with Gasteiger partial charge in [0, 0.05) is 24.7 Å². The van der Waals surface area contributed by atoms with Crippen LogP contribution in [0.15, 0.2) is 12.3 Å². The maximum absolute atomic E-state index is 9.87. The molecule has 0 saturated carbocycles. The van der Waals surface area contributed by atoms with Gasteiger partial charge in [-0.05, 0) is 39.3 Å². The Labute approximate surface area is 96.7 Å². The summed E-state index contributed by atoms with van der Waals surface area (Å²) in [6.45, 7) is 6.06. The molecule has 1 aliphatic rings. The van der Waals surface area contributed by atoms with Gasteiger partial charge in [0.05, 0.1) is 11.8 Å². The average molecular weight is 223 g/mol. The maximum Gasteiger partial charge on any atom is 0.0628 e. The summed E-state index contributed by atoms with van der Waals surface area (Å²) >= 11 is 0. The first-order valence-electron chi connectivity index (χ1n) is 6.09. The van der Waals surface area contributed by atoms with Crippen LogP contribution in [0, 0.1) is 5.92 Å². The predicted molar refractivity (Wildman–Crippen MR) is 63.3 cm³/mol. The molecule has 2 heterocycles. The second-order valence-electron chi connectivity index (χ2n) is 4.91. The van der Waals surface area contributed by atoms with E-state index in [2.05, 4.69) is 30.3 Å². The molecule has 1 aliphatic heterocycles. The molecule has 16 heavy (non-hydrogen) atoms. The summed E-state index contributed by atoms with van der Waals surface area (Å²) in [6, 6.07) is 2.46. The Hall–Kier alpha value is -0.870. The van der Waals surface area contributed by atoms with Crippen LogP contribution in [0.25, 0.3) is 0 Å². The van der Waals surface area contributed by atoms with E-state index in [1.165, 1.54) is 0 Å². The van der Waals surface area contributed by atoms with Crippen molar-refractivity contribution in [2.45, 2.75) is 38.8 Å². The molecule has 1 aromatic rings. The molecule has 0 aliphatic carbocycles. The summed E-state index contributed by atoms with van der Waals surface area (Å²) in [4.78, 5) is 0. The zero-order chi connectivity index (χ0) is 11.5. The first-order valence-corrected chi connectivity index (χ1v) is 6.09. The largest absolute Gasteiger partial charge is 0.393 e. The summed E-state index contributed by atoms with van der Waals surface area (Å²) in [5, 5.41) is 17.7. The van der Waals surface area contributed by atoms with Crippen LogP contribution in [0.1, 0.15) is 32.0 Å². The lowest BCUT2D eigenvalue weighted by molar-refractivity contribution is 0.0785. The number of nitrogens with one attached hydrogen (secondary N) is 1. The lowest BCUT2D eigenvalue weighted by Gasteiger charge is -2.27. The van der Waals surface area contributed by atoms with Gasteiger partial charge in [0.25, 0.3) is 0 Å². The zero-order valence-electron chi connectivity index (χ0n) is 10.1. The van der Waals surface area contributed by atoms with Crippen LogP contribution in [-0.4, -0.2) is 34.1 Å². The summed E-state index contributed by atoms with van der Waals surface area (Å²) in [5.74, 6) is 0.310. The Morgan fingerprint density at radius 2 is 2.44 bits per heavy atom. The van der Waals surface area contributed by atoms with Crippen molar-refractivity contribution in [1.82, 2.24) is 15.1 Å². The van der Waals surface area contributed by atoms with E-state index in [-0.39, 0.29) is 6.10 Å². The summed E-state index contributed by atoms with van der Waals surface area (Å²) in [7, 11) is 0. The van der Waals surface area contributed by atoms with E-state index < -0.39 is 0 Å². The Morgan fingerprint density at radius 3 is 3.06 bits per heavy atom. The summed E-state index contributed by atoms with van der Waals surface area (Å²) in [5.41, 5.74) is 1.08. The van der Waals surface area contributed by atoms with Crippen molar-refractivity contribution in [1.29, 1.82) is 0 Å². The highest BCUT2D eigenvalue weighted by Crippen LogP contribution is 2.16. The normalized spacial score (nSPS) is 26.2. The molecule has 0 spiro atoms. The van der Waals surface area contributed by atoms with Crippen LogP contribution in [0.4, 0.5) is 0 Å². The molecule has 0 bridgehead atoms. The molecule has 0 radical (unpaired) electrons. The van der Waals surface area contributed by atoms with Crippen LogP contribution in [0.3, 0.4) is 0 Å². The van der Waals surface area contributed by atoms with E-state index in [1.54, 1.807) is 0 Å². The van der Waals surface area contributed by atoms with Gasteiger partial charge >= 0.3 is 0 Å². The van der Waals surface area contributed by atoms with Crippen LogP contribution in [-0.2, 0) is 6.42 Å². The molecule has 4 nitrogen and oxygen atoms in total. The lowest BCUT2D eigenvalue weighted by atomic mass is 9.92. The smallest absolute Gasteiger partial charge is 0.0628 e. The van der Waals surface area contributed by atoms with Crippen molar-refractivity contribution in [3.63, 3.8) is 0 Å². The van der Waals surface area contributed by atoms with Crippen molar-refractivity contribution in [3.05, 3.63) is 18.0 Å². The molecule has 2 atom stereocenters. The van der Waals surface area contributed by atoms with Crippen molar-refractivity contribution >= 4 is 0 Å². The van der Waals surface area contributed by atoms with Gasteiger partial charge in [-0.1, -0.05) is 0 Å². The minimum Gasteiger partial charge on any atom is -0.393 e. The Kier molecular flexibility index (Phi) is 3.61. The number of aliphatic hydroxyl groups excluding tert-OH is 1. The second-order valence-corrected chi connectivity index (χ2v) is 4.91.